The van der Waals surface area contributed by atoms with E-state index in [-0.39, 0.29) is 17.9 Å². The van der Waals surface area contributed by atoms with Gasteiger partial charge in [0.2, 0.25) is 5.91 Å². The third kappa shape index (κ3) is 6.89. The third-order valence-electron chi connectivity index (χ3n) is 9.04. The number of aromatic nitrogens is 2. The summed E-state index contributed by atoms with van der Waals surface area (Å²) in [5.41, 5.74) is 5.24. The molecule has 7 heteroatoms. The summed E-state index contributed by atoms with van der Waals surface area (Å²) in [5.74, 6) is 2.89. The van der Waals surface area contributed by atoms with Crippen molar-refractivity contribution in [2.45, 2.75) is 70.3 Å². The van der Waals surface area contributed by atoms with Gasteiger partial charge in [-0.2, -0.15) is 0 Å². The van der Waals surface area contributed by atoms with Gasteiger partial charge in [-0.25, -0.2) is 4.98 Å². The number of hydrogen-bond donors (Lipinski definition) is 1. The van der Waals surface area contributed by atoms with Crippen molar-refractivity contribution >= 4 is 17.4 Å². The number of carbonyl (C=O) groups excluding carboxylic acids is 1. The Labute approximate surface area is 244 Å². The molecule has 2 aliphatic carbocycles. The molecule has 2 aliphatic rings. The van der Waals surface area contributed by atoms with E-state index in [4.69, 9.17) is 4.74 Å². The van der Waals surface area contributed by atoms with Gasteiger partial charge in [-0.1, -0.05) is 24.3 Å². The lowest BCUT2D eigenvalue weighted by Crippen LogP contribution is -2.41. The Hall–Kier alpha value is -3.45. The molecular formula is C34H44N4O3. The minimum absolute atomic E-state index is 0.0418. The number of hydrogen-bond acceptors (Lipinski definition) is 6. The first kappa shape index (κ1) is 29.1. The van der Waals surface area contributed by atoms with Crippen LogP contribution in [0.5, 0.6) is 5.75 Å². The largest absolute Gasteiger partial charge is 0.496 e. The second-order valence-electron chi connectivity index (χ2n) is 12.1. The van der Waals surface area contributed by atoms with E-state index in [0.29, 0.717) is 24.7 Å². The summed E-state index contributed by atoms with van der Waals surface area (Å²) in [5, 5.41) is 10.1. The molecule has 7 nitrogen and oxygen atoms in total. The Morgan fingerprint density at radius 2 is 1.71 bits per heavy atom. The molecule has 1 heterocycles. The number of amides is 1. The Morgan fingerprint density at radius 1 is 0.951 bits per heavy atom. The van der Waals surface area contributed by atoms with E-state index < -0.39 is 0 Å². The second kappa shape index (κ2) is 13.0. The van der Waals surface area contributed by atoms with Crippen molar-refractivity contribution in [2.24, 2.45) is 11.8 Å². The summed E-state index contributed by atoms with van der Waals surface area (Å²) in [6, 6.07) is 14.8. The van der Waals surface area contributed by atoms with Gasteiger partial charge in [0.25, 0.3) is 0 Å². The van der Waals surface area contributed by atoms with E-state index >= 15 is 0 Å². The minimum Gasteiger partial charge on any atom is -0.496 e. The van der Waals surface area contributed by atoms with E-state index in [2.05, 4.69) is 41.2 Å². The van der Waals surface area contributed by atoms with Gasteiger partial charge in [-0.3, -0.25) is 9.78 Å². The Bertz CT molecular complexity index is 1310. The lowest BCUT2D eigenvalue weighted by atomic mass is 9.78. The highest BCUT2D eigenvalue weighted by atomic mass is 16.5. The number of benzene rings is 2. The van der Waals surface area contributed by atoms with Crippen molar-refractivity contribution in [2.75, 3.05) is 37.5 Å². The smallest absolute Gasteiger partial charge is 0.230 e. The average Bonchev–Trinajstić information content (AvgIpc) is 3.00. The van der Waals surface area contributed by atoms with Gasteiger partial charge in [0.15, 0.2) is 0 Å². The first-order chi connectivity index (χ1) is 19.8. The molecule has 1 amide bonds. The highest BCUT2D eigenvalue weighted by molar-refractivity contribution is 5.95. The molecule has 0 spiro atoms. The van der Waals surface area contributed by atoms with Gasteiger partial charge < -0.3 is 19.6 Å². The zero-order chi connectivity index (χ0) is 28.9. The molecule has 3 aromatic rings. The van der Waals surface area contributed by atoms with Crippen molar-refractivity contribution in [3.8, 4) is 17.0 Å². The SMILES string of the molecule is COc1ccc([C@H]2CC[C@H](CN(c3cccc(-c4cnc(N(C)C)cn4)c3)C(=O)[C@H]3CC[C@H](O)CC3)CC2)cc1C. The topological polar surface area (TPSA) is 78.8 Å². The normalized spacial score (nSPS) is 22.7. The molecule has 2 saturated carbocycles. The van der Waals surface area contributed by atoms with E-state index in [1.165, 1.54) is 11.1 Å². The molecule has 1 N–H and O–H groups in total. The van der Waals surface area contributed by atoms with Crippen molar-refractivity contribution in [3.63, 3.8) is 0 Å². The summed E-state index contributed by atoms with van der Waals surface area (Å²) in [6.07, 6.45) is 10.6. The summed E-state index contributed by atoms with van der Waals surface area (Å²) in [6.45, 7) is 2.83. The molecule has 0 bridgehead atoms. The molecule has 0 atom stereocenters. The Kier molecular flexibility index (Phi) is 9.23. The van der Waals surface area contributed by atoms with Crippen molar-refractivity contribution in [3.05, 3.63) is 66.0 Å². The van der Waals surface area contributed by atoms with E-state index in [1.807, 2.05) is 42.1 Å². The molecule has 0 saturated heterocycles. The highest BCUT2D eigenvalue weighted by Crippen LogP contribution is 2.39. The lowest BCUT2D eigenvalue weighted by Gasteiger charge is -2.36. The van der Waals surface area contributed by atoms with Crippen LogP contribution in [0.3, 0.4) is 0 Å². The highest BCUT2D eigenvalue weighted by Gasteiger charge is 2.32. The van der Waals surface area contributed by atoms with E-state index in [9.17, 15) is 9.90 Å². The maximum atomic E-state index is 14.0. The van der Waals surface area contributed by atoms with E-state index in [0.717, 1.165) is 73.6 Å². The predicted octanol–water partition coefficient (Wildman–Crippen LogP) is 6.38. The number of ether oxygens (including phenoxy) is 1. The average molecular weight is 557 g/mol. The fraction of sp³-hybridized carbons (Fsp3) is 0.500. The van der Waals surface area contributed by atoms with Gasteiger partial charge in [-0.15, -0.1) is 0 Å². The summed E-state index contributed by atoms with van der Waals surface area (Å²) >= 11 is 0. The zero-order valence-electron chi connectivity index (χ0n) is 24.9. The van der Waals surface area contributed by atoms with Crippen LogP contribution in [-0.4, -0.2) is 54.8 Å². The number of aryl methyl sites for hydroxylation is 1. The van der Waals surface area contributed by atoms with Crippen LogP contribution >= 0.6 is 0 Å². The van der Waals surface area contributed by atoms with Gasteiger partial charge in [0, 0.05) is 37.8 Å². The predicted molar refractivity (Wildman–Crippen MR) is 165 cm³/mol. The van der Waals surface area contributed by atoms with Crippen molar-refractivity contribution < 1.29 is 14.6 Å². The number of rotatable bonds is 8. The molecule has 0 radical (unpaired) electrons. The maximum Gasteiger partial charge on any atom is 0.230 e. The van der Waals surface area contributed by atoms with Crippen molar-refractivity contribution in [1.29, 1.82) is 0 Å². The van der Waals surface area contributed by atoms with Crippen LogP contribution in [0.2, 0.25) is 0 Å². The number of carbonyl (C=O) groups is 1. The molecule has 0 unspecified atom stereocenters. The van der Waals surface area contributed by atoms with Gasteiger partial charge >= 0.3 is 0 Å². The molecule has 5 rings (SSSR count). The quantitative estimate of drug-likeness (QED) is 0.347. The summed E-state index contributed by atoms with van der Waals surface area (Å²) in [4.78, 5) is 27.2. The summed E-state index contributed by atoms with van der Waals surface area (Å²) in [7, 11) is 5.62. The lowest BCUT2D eigenvalue weighted by molar-refractivity contribution is -0.124. The minimum atomic E-state index is -0.281. The van der Waals surface area contributed by atoms with Crippen LogP contribution in [0.25, 0.3) is 11.3 Å². The fourth-order valence-electron chi connectivity index (χ4n) is 6.49. The van der Waals surface area contributed by atoms with Crippen LogP contribution in [0.1, 0.15) is 68.4 Å². The Morgan fingerprint density at radius 3 is 2.34 bits per heavy atom. The zero-order valence-corrected chi connectivity index (χ0v) is 24.9. The number of aliphatic hydroxyl groups excluding tert-OH is 1. The van der Waals surface area contributed by atoms with Crippen LogP contribution in [0, 0.1) is 18.8 Å². The van der Waals surface area contributed by atoms with Crippen LogP contribution in [0.4, 0.5) is 11.5 Å². The first-order valence-corrected chi connectivity index (χ1v) is 15.1. The number of nitrogens with zero attached hydrogens (tertiary/aromatic N) is 4. The Balaban J connectivity index is 1.34. The molecule has 0 aliphatic heterocycles. The molecule has 2 fully saturated rings. The number of methoxy groups -OCH3 is 1. The monoisotopic (exact) mass is 556 g/mol. The van der Waals surface area contributed by atoms with Crippen LogP contribution in [0.15, 0.2) is 54.9 Å². The van der Waals surface area contributed by atoms with Gasteiger partial charge in [0.1, 0.15) is 11.6 Å². The van der Waals surface area contributed by atoms with Gasteiger partial charge in [-0.05, 0) is 99.5 Å². The first-order valence-electron chi connectivity index (χ1n) is 15.1. The molecule has 218 valence electrons. The molecule has 2 aromatic carbocycles. The van der Waals surface area contributed by atoms with Crippen LogP contribution in [-0.2, 0) is 4.79 Å². The number of anilines is 2. The molecular weight excluding hydrogens is 512 g/mol. The standard InChI is InChI=1S/C34H44N4O3/c1-23-18-27(14-17-32(23)41-4)25-10-8-24(9-11-25)22-38(34(40)26-12-15-30(39)16-13-26)29-7-5-6-28(19-29)31-20-36-33(21-35-31)37(2)3/h5-7,14,17-21,24-26,30,39H,8-13,15-16,22H2,1-4H3/t24-,25-,26-,30-. The summed E-state index contributed by atoms with van der Waals surface area (Å²) < 4.78 is 5.46. The van der Waals surface area contributed by atoms with E-state index in [1.54, 1.807) is 19.5 Å². The van der Waals surface area contributed by atoms with Crippen molar-refractivity contribution in [1.82, 2.24) is 9.97 Å². The fourth-order valence-corrected chi connectivity index (χ4v) is 6.49. The molecule has 1 aromatic heterocycles. The molecule has 41 heavy (non-hydrogen) atoms. The second-order valence-corrected chi connectivity index (χ2v) is 12.1. The maximum absolute atomic E-state index is 14.0. The third-order valence-corrected chi connectivity index (χ3v) is 9.04. The van der Waals surface area contributed by atoms with Gasteiger partial charge in [0.05, 0.1) is 31.3 Å². The number of aliphatic hydroxyl groups is 1. The van der Waals surface area contributed by atoms with Crippen LogP contribution < -0.4 is 14.5 Å².